The van der Waals surface area contributed by atoms with Crippen LogP contribution < -0.4 is 0 Å². The first-order valence-corrected chi connectivity index (χ1v) is 9.22. The Morgan fingerprint density at radius 2 is 1.52 bits per heavy atom. The number of Topliss-reactive ketones (excluding diaryl/α,β-unsaturated/α-hetero) is 1. The van der Waals surface area contributed by atoms with Crippen LogP contribution in [0.4, 0.5) is 0 Å². The largest absolute Gasteiger partial charge is 0.456 e. The highest BCUT2D eigenvalue weighted by Crippen LogP contribution is 2.55. The number of cyclic esters (lactones) is 1. The minimum Gasteiger partial charge on any atom is -0.456 e. The van der Waals surface area contributed by atoms with Crippen LogP contribution in [0.15, 0.2) is 53.0 Å². The molecule has 1 saturated heterocycles. The van der Waals surface area contributed by atoms with Crippen LogP contribution in [0.5, 0.6) is 0 Å². The highest BCUT2D eigenvalue weighted by Gasteiger charge is 2.62. The number of carbonyl (C=O) groups excluding carboxylic acids is 2. The molecule has 1 aliphatic heterocycles. The van der Waals surface area contributed by atoms with Crippen LogP contribution in [-0.4, -0.2) is 11.8 Å². The molecule has 4 rings (SSSR count). The van der Waals surface area contributed by atoms with E-state index in [0.717, 1.165) is 10.0 Å². The van der Waals surface area contributed by atoms with Gasteiger partial charge in [0, 0.05) is 4.47 Å². The van der Waals surface area contributed by atoms with Gasteiger partial charge in [0.2, 0.25) is 0 Å². The summed E-state index contributed by atoms with van der Waals surface area (Å²) in [5, 5.41) is 0. The van der Waals surface area contributed by atoms with Gasteiger partial charge in [-0.05, 0) is 55.5 Å². The van der Waals surface area contributed by atoms with E-state index in [9.17, 15) is 9.59 Å². The van der Waals surface area contributed by atoms with E-state index < -0.39 is 22.9 Å². The average Bonchev–Trinajstić information content (AvgIpc) is 2.98. The molecule has 2 aliphatic rings. The molecule has 2 aromatic carbocycles. The van der Waals surface area contributed by atoms with Gasteiger partial charge in [0.1, 0.15) is 11.5 Å². The maximum atomic E-state index is 13.5. The summed E-state index contributed by atoms with van der Waals surface area (Å²) in [7, 11) is 0. The minimum atomic E-state index is -1.12. The normalized spacial score (nSPS) is 23.4. The Balaban J connectivity index is 1.86. The Morgan fingerprint density at radius 1 is 0.960 bits per heavy atom. The number of rotatable bonds is 1. The zero-order valence-corrected chi connectivity index (χ0v) is 15.8. The predicted molar refractivity (Wildman–Crippen MR) is 98.0 cm³/mol. The van der Waals surface area contributed by atoms with Crippen molar-refractivity contribution in [2.45, 2.75) is 32.8 Å². The summed E-state index contributed by atoms with van der Waals surface area (Å²) in [4.78, 5) is 26.0. The second-order valence-electron chi connectivity index (χ2n) is 7.57. The standard InChI is InChI=1S/C21H19BrO3/c1-20(2)18(23)21(11-14-5-3-4-6-15(14)12-21)17(25-19(20)24)13-7-9-16(22)10-8-13/h3-10,17H,11-12H2,1-2H3/t17-/m0/s1. The van der Waals surface area contributed by atoms with Crippen LogP contribution in [0.25, 0.3) is 0 Å². The van der Waals surface area contributed by atoms with E-state index in [0.29, 0.717) is 12.8 Å². The van der Waals surface area contributed by atoms with Crippen LogP contribution in [0.1, 0.15) is 36.6 Å². The number of carbonyl (C=O) groups is 2. The molecule has 25 heavy (non-hydrogen) atoms. The van der Waals surface area contributed by atoms with Crippen molar-refractivity contribution in [3.8, 4) is 0 Å². The molecule has 1 fully saturated rings. The summed E-state index contributed by atoms with van der Waals surface area (Å²) in [5.41, 5.74) is 1.37. The van der Waals surface area contributed by atoms with Gasteiger partial charge in [-0.25, -0.2) is 0 Å². The van der Waals surface area contributed by atoms with E-state index in [-0.39, 0.29) is 5.78 Å². The third kappa shape index (κ3) is 2.38. The molecule has 0 saturated carbocycles. The van der Waals surface area contributed by atoms with Gasteiger partial charge in [0.05, 0.1) is 5.41 Å². The lowest BCUT2D eigenvalue weighted by atomic mass is 9.63. The molecule has 0 amide bonds. The number of hydrogen-bond donors (Lipinski definition) is 0. The van der Waals surface area contributed by atoms with E-state index in [1.54, 1.807) is 13.8 Å². The smallest absolute Gasteiger partial charge is 0.319 e. The van der Waals surface area contributed by atoms with Gasteiger partial charge in [-0.1, -0.05) is 52.3 Å². The molecule has 3 nitrogen and oxygen atoms in total. The maximum Gasteiger partial charge on any atom is 0.319 e. The van der Waals surface area contributed by atoms with Crippen molar-refractivity contribution in [1.82, 2.24) is 0 Å². The lowest BCUT2D eigenvalue weighted by molar-refractivity contribution is -0.188. The fourth-order valence-electron chi connectivity index (χ4n) is 4.22. The first kappa shape index (κ1) is 16.5. The summed E-state index contributed by atoms with van der Waals surface area (Å²) in [6.07, 6.45) is 0.667. The molecular weight excluding hydrogens is 380 g/mol. The SMILES string of the molecule is CC1(C)C(=O)O[C@@H](c2ccc(Br)cc2)C2(Cc3ccccc3C2)C1=O. The summed E-state index contributed by atoms with van der Waals surface area (Å²) in [5.74, 6) is -0.452. The van der Waals surface area contributed by atoms with Crippen LogP contribution in [0.3, 0.4) is 0 Å². The quantitative estimate of drug-likeness (QED) is 0.527. The predicted octanol–water partition coefficient (Wildman–Crippen LogP) is 4.43. The summed E-state index contributed by atoms with van der Waals surface area (Å²) in [6, 6.07) is 15.8. The molecule has 1 heterocycles. The van der Waals surface area contributed by atoms with E-state index in [1.165, 1.54) is 11.1 Å². The van der Waals surface area contributed by atoms with E-state index in [1.807, 2.05) is 36.4 Å². The molecule has 0 bridgehead atoms. The lowest BCUT2D eigenvalue weighted by Gasteiger charge is -2.45. The van der Waals surface area contributed by atoms with Crippen LogP contribution in [-0.2, 0) is 27.2 Å². The minimum absolute atomic E-state index is 0.0135. The molecule has 2 aromatic rings. The third-order valence-corrected chi connectivity index (χ3v) is 6.09. The summed E-state index contributed by atoms with van der Waals surface area (Å²) < 4.78 is 6.84. The van der Waals surface area contributed by atoms with Crippen molar-refractivity contribution in [2.75, 3.05) is 0 Å². The Bertz CT molecular complexity index is 842. The van der Waals surface area contributed by atoms with Crippen molar-refractivity contribution in [3.05, 3.63) is 69.7 Å². The highest BCUT2D eigenvalue weighted by atomic mass is 79.9. The highest BCUT2D eigenvalue weighted by molar-refractivity contribution is 9.10. The van der Waals surface area contributed by atoms with Gasteiger partial charge in [0.25, 0.3) is 0 Å². The van der Waals surface area contributed by atoms with Gasteiger partial charge < -0.3 is 4.74 Å². The summed E-state index contributed by atoms with van der Waals surface area (Å²) in [6.45, 7) is 3.36. The molecule has 1 aliphatic carbocycles. The van der Waals surface area contributed by atoms with Crippen LogP contribution >= 0.6 is 15.9 Å². The van der Waals surface area contributed by atoms with Crippen LogP contribution in [0, 0.1) is 10.8 Å². The zero-order chi connectivity index (χ0) is 17.8. The first-order valence-electron chi connectivity index (χ1n) is 8.43. The Kier molecular flexibility index (Phi) is 3.66. The zero-order valence-electron chi connectivity index (χ0n) is 14.2. The van der Waals surface area contributed by atoms with Gasteiger partial charge >= 0.3 is 5.97 Å². The molecule has 128 valence electrons. The molecule has 1 atom stereocenters. The Labute approximate surface area is 155 Å². The number of ether oxygens (including phenoxy) is 1. The van der Waals surface area contributed by atoms with Gasteiger partial charge in [-0.3, -0.25) is 9.59 Å². The molecule has 0 N–H and O–H groups in total. The number of ketones is 1. The average molecular weight is 399 g/mol. The molecule has 1 spiro atoms. The maximum absolute atomic E-state index is 13.5. The number of esters is 1. The monoisotopic (exact) mass is 398 g/mol. The molecule has 0 aromatic heterocycles. The molecule has 0 unspecified atom stereocenters. The van der Waals surface area contributed by atoms with Gasteiger partial charge in [-0.15, -0.1) is 0 Å². The Morgan fingerprint density at radius 3 is 2.08 bits per heavy atom. The van der Waals surface area contributed by atoms with E-state index in [2.05, 4.69) is 28.1 Å². The number of hydrogen-bond acceptors (Lipinski definition) is 3. The molecule has 4 heteroatoms. The van der Waals surface area contributed by atoms with Gasteiger partial charge in [0.15, 0.2) is 5.78 Å². The van der Waals surface area contributed by atoms with Crippen molar-refractivity contribution < 1.29 is 14.3 Å². The lowest BCUT2D eigenvalue weighted by Crippen LogP contribution is -2.55. The van der Waals surface area contributed by atoms with Crippen molar-refractivity contribution >= 4 is 27.7 Å². The van der Waals surface area contributed by atoms with Crippen molar-refractivity contribution in [1.29, 1.82) is 0 Å². The summed E-state index contributed by atoms with van der Waals surface area (Å²) >= 11 is 3.43. The fraction of sp³-hybridized carbons (Fsp3) is 0.333. The van der Waals surface area contributed by atoms with Crippen molar-refractivity contribution in [2.24, 2.45) is 10.8 Å². The third-order valence-electron chi connectivity index (χ3n) is 5.56. The number of benzene rings is 2. The second-order valence-corrected chi connectivity index (χ2v) is 8.49. The number of halogens is 1. The topological polar surface area (TPSA) is 43.4 Å². The fourth-order valence-corrected chi connectivity index (χ4v) is 4.48. The van der Waals surface area contributed by atoms with Gasteiger partial charge in [-0.2, -0.15) is 0 Å². The number of fused-ring (bicyclic) bond motifs is 1. The second kappa shape index (κ2) is 5.53. The Hall–Kier alpha value is -1.94. The van der Waals surface area contributed by atoms with Crippen LogP contribution in [0.2, 0.25) is 0 Å². The molecule has 0 radical (unpaired) electrons. The van der Waals surface area contributed by atoms with E-state index >= 15 is 0 Å². The molecular formula is C21H19BrO3. The first-order chi connectivity index (χ1) is 11.8. The van der Waals surface area contributed by atoms with E-state index in [4.69, 9.17) is 4.74 Å². The van der Waals surface area contributed by atoms with Crippen molar-refractivity contribution in [3.63, 3.8) is 0 Å².